The molecule has 1 aromatic heterocycles. The van der Waals surface area contributed by atoms with Gasteiger partial charge in [-0.25, -0.2) is 9.67 Å². The molecule has 8 heteroatoms. The van der Waals surface area contributed by atoms with Crippen LogP contribution in [0.15, 0.2) is 46.6 Å². The Balaban J connectivity index is 2.45. The van der Waals surface area contributed by atoms with Gasteiger partial charge in [0, 0.05) is 6.20 Å². The number of halogens is 1. The summed E-state index contributed by atoms with van der Waals surface area (Å²) < 4.78 is 1.59. The Kier molecular flexibility index (Phi) is 3.67. The number of aliphatic imine (C=N–C) groups is 2. The van der Waals surface area contributed by atoms with Crippen molar-refractivity contribution in [1.29, 1.82) is 0 Å². The molecule has 6 N–H and O–H groups in total. The van der Waals surface area contributed by atoms with Crippen LogP contribution >= 0.6 is 11.6 Å². The highest BCUT2D eigenvalue weighted by Crippen LogP contribution is 2.23. The number of benzene rings is 1. The lowest BCUT2D eigenvalue weighted by Gasteiger charge is -2.05. The Labute approximate surface area is 114 Å². The van der Waals surface area contributed by atoms with Gasteiger partial charge in [0.05, 0.1) is 22.6 Å². The van der Waals surface area contributed by atoms with E-state index in [1.165, 1.54) is 6.20 Å². The predicted octanol–water partition coefficient (Wildman–Crippen LogP) is 0.745. The van der Waals surface area contributed by atoms with E-state index in [2.05, 4.69) is 15.1 Å². The molecule has 0 saturated carbocycles. The van der Waals surface area contributed by atoms with Gasteiger partial charge in [-0.2, -0.15) is 10.1 Å². The molecule has 0 radical (unpaired) electrons. The molecular weight excluding hydrogens is 266 g/mol. The number of nitrogens with two attached hydrogens (primary N) is 3. The van der Waals surface area contributed by atoms with Gasteiger partial charge >= 0.3 is 0 Å². The van der Waals surface area contributed by atoms with Crippen molar-refractivity contribution >= 4 is 29.2 Å². The van der Waals surface area contributed by atoms with Crippen LogP contribution in [0.2, 0.25) is 5.02 Å². The first kappa shape index (κ1) is 12.9. The fourth-order valence-corrected chi connectivity index (χ4v) is 1.60. The number of rotatable bonds is 2. The summed E-state index contributed by atoms with van der Waals surface area (Å²) in [6.07, 6.45) is 3.19. The third kappa shape index (κ3) is 3.23. The maximum Gasteiger partial charge on any atom is 0.223 e. The number of para-hydroxylation sites is 2. The van der Waals surface area contributed by atoms with Crippen molar-refractivity contribution in [2.45, 2.75) is 0 Å². The van der Waals surface area contributed by atoms with E-state index in [0.29, 0.717) is 16.4 Å². The quantitative estimate of drug-likeness (QED) is 0.554. The van der Waals surface area contributed by atoms with E-state index >= 15 is 0 Å². The predicted molar refractivity (Wildman–Crippen MR) is 75.7 cm³/mol. The number of hydrogen-bond donors (Lipinski definition) is 3. The first-order valence-corrected chi connectivity index (χ1v) is 5.67. The Morgan fingerprint density at radius 1 is 1.21 bits per heavy atom. The fraction of sp³-hybridized carbons (Fsp3) is 0. The monoisotopic (exact) mass is 277 g/mol. The second-order valence-electron chi connectivity index (χ2n) is 3.60. The standard InChI is InChI=1S/C11H12ClN7/c12-7-5-16-19(6-7)9-4-2-1-3-8(9)17-11(15)18-10(13)14/h1-6H,(H6,13,14,15,17,18). The van der Waals surface area contributed by atoms with Gasteiger partial charge in [0.25, 0.3) is 0 Å². The topological polar surface area (TPSA) is 121 Å². The van der Waals surface area contributed by atoms with E-state index in [1.807, 2.05) is 18.2 Å². The van der Waals surface area contributed by atoms with Crippen molar-refractivity contribution in [3.8, 4) is 5.69 Å². The van der Waals surface area contributed by atoms with Crippen molar-refractivity contribution < 1.29 is 0 Å². The molecule has 0 aliphatic heterocycles. The molecule has 98 valence electrons. The highest BCUT2D eigenvalue weighted by Gasteiger charge is 2.05. The minimum atomic E-state index is -0.152. The van der Waals surface area contributed by atoms with Crippen LogP contribution < -0.4 is 17.2 Å². The van der Waals surface area contributed by atoms with Crippen LogP contribution in [0.4, 0.5) is 5.69 Å². The Morgan fingerprint density at radius 2 is 1.95 bits per heavy atom. The van der Waals surface area contributed by atoms with Crippen LogP contribution in [0, 0.1) is 0 Å². The van der Waals surface area contributed by atoms with Crippen LogP contribution in [0.3, 0.4) is 0 Å². The average Bonchev–Trinajstić information content (AvgIpc) is 2.75. The number of hydrogen-bond acceptors (Lipinski definition) is 2. The van der Waals surface area contributed by atoms with Crippen molar-refractivity contribution in [2.24, 2.45) is 27.2 Å². The highest BCUT2D eigenvalue weighted by atomic mass is 35.5. The van der Waals surface area contributed by atoms with E-state index in [1.54, 1.807) is 16.9 Å². The molecule has 0 bridgehead atoms. The molecule has 0 unspecified atom stereocenters. The summed E-state index contributed by atoms with van der Waals surface area (Å²) in [5.74, 6) is -0.188. The molecule has 2 rings (SSSR count). The third-order valence-electron chi connectivity index (χ3n) is 2.16. The van der Waals surface area contributed by atoms with Crippen molar-refractivity contribution in [2.75, 3.05) is 0 Å². The fourth-order valence-electron chi connectivity index (χ4n) is 1.47. The molecule has 1 aromatic carbocycles. The minimum absolute atomic E-state index is 0.0364. The lowest BCUT2D eigenvalue weighted by molar-refractivity contribution is 0.880. The van der Waals surface area contributed by atoms with E-state index < -0.39 is 0 Å². The van der Waals surface area contributed by atoms with Crippen LogP contribution in [-0.2, 0) is 0 Å². The average molecular weight is 278 g/mol. The molecule has 0 amide bonds. The molecule has 0 fully saturated rings. The van der Waals surface area contributed by atoms with E-state index in [9.17, 15) is 0 Å². The highest BCUT2D eigenvalue weighted by molar-refractivity contribution is 6.30. The first-order valence-electron chi connectivity index (χ1n) is 5.29. The van der Waals surface area contributed by atoms with E-state index in [-0.39, 0.29) is 11.9 Å². The molecule has 0 saturated heterocycles. The molecular formula is C11H12ClN7. The summed E-state index contributed by atoms with van der Waals surface area (Å²) in [5, 5.41) is 4.63. The van der Waals surface area contributed by atoms with Gasteiger partial charge in [0.2, 0.25) is 5.96 Å². The summed E-state index contributed by atoms with van der Waals surface area (Å²) in [6, 6.07) is 7.25. The van der Waals surface area contributed by atoms with Gasteiger partial charge in [0.15, 0.2) is 5.96 Å². The van der Waals surface area contributed by atoms with Crippen molar-refractivity contribution in [3.63, 3.8) is 0 Å². The zero-order valence-electron chi connectivity index (χ0n) is 9.86. The van der Waals surface area contributed by atoms with Crippen molar-refractivity contribution in [3.05, 3.63) is 41.7 Å². The Bertz CT molecular complexity index is 640. The van der Waals surface area contributed by atoms with E-state index in [4.69, 9.17) is 28.8 Å². The van der Waals surface area contributed by atoms with Gasteiger partial charge in [-0.1, -0.05) is 23.7 Å². The van der Waals surface area contributed by atoms with Crippen LogP contribution in [0.5, 0.6) is 0 Å². The van der Waals surface area contributed by atoms with Crippen LogP contribution in [0.1, 0.15) is 0 Å². The first-order chi connectivity index (χ1) is 9.06. The third-order valence-corrected chi connectivity index (χ3v) is 2.35. The largest absolute Gasteiger partial charge is 0.370 e. The summed E-state index contributed by atoms with van der Waals surface area (Å²) in [6.45, 7) is 0. The molecule has 0 aliphatic rings. The minimum Gasteiger partial charge on any atom is -0.370 e. The van der Waals surface area contributed by atoms with Gasteiger partial charge in [-0.05, 0) is 12.1 Å². The maximum absolute atomic E-state index is 5.84. The Hall–Kier alpha value is -2.54. The molecule has 2 aromatic rings. The molecule has 19 heavy (non-hydrogen) atoms. The smallest absolute Gasteiger partial charge is 0.223 e. The summed E-state index contributed by atoms with van der Waals surface area (Å²) in [7, 11) is 0. The lowest BCUT2D eigenvalue weighted by atomic mass is 10.3. The molecule has 1 heterocycles. The van der Waals surface area contributed by atoms with Gasteiger partial charge < -0.3 is 17.2 Å². The van der Waals surface area contributed by atoms with Gasteiger partial charge in [-0.15, -0.1) is 0 Å². The number of nitrogens with zero attached hydrogens (tertiary/aromatic N) is 4. The summed E-state index contributed by atoms with van der Waals surface area (Å²) >= 11 is 5.84. The van der Waals surface area contributed by atoms with Crippen LogP contribution in [-0.4, -0.2) is 21.7 Å². The number of guanidine groups is 2. The zero-order chi connectivity index (χ0) is 13.8. The lowest BCUT2D eigenvalue weighted by Crippen LogP contribution is -2.26. The normalized spacial score (nSPS) is 11.3. The SMILES string of the molecule is NC(N)=NC(N)=Nc1ccccc1-n1cc(Cl)cn1. The maximum atomic E-state index is 5.84. The molecule has 7 nitrogen and oxygen atoms in total. The summed E-state index contributed by atoms with van der Waals surface area (Å²) in [4.78, 5) is 7.78. The van der Waals surface area contributed by atoms with Gasteiger partial charge in [-0.3, -0.25) is 0 Å². The molecule has 0 aliphatic carbocycles. The van der Waals surface area contributed by atoms with Gasteiger partial charge in [0.1, 0.15) is 0 Å². The number of aromatic nitrogens is 2. The van der Waals surface area contributed by atoms with Crippen molar-refractivity contribution in [1.82, 2.24) is 9.78 Å². The molecule has 0 spiro atoms. The summed E-state index contributed by atoms with van der Waals surface area (Å²) in [5.41, 5.74) is 17.4. The molecule has 0 atom stereocenters. The second kappa shape index (κ2) is 5.40. The second-order valence-corrected chi connectivity index (χ2v) is 4.03. The Morgan fingerprint density at radius 3 is 2.58 bits per heavy atom. The van der Waals surface area contributed by atoms with E-state index in [0.717, 1.165) is 0 Å². The zero-order valence-corrected chi connectivity index (χ0v) is 10.6. The van der Waals surface area contributed by atoms with Crippen LogP contribution in [0.25, 0.3) is 5.69 Å².